The Hall–Kier alpha value is -3.46. The lowest BCUT2D eigenvalue weighted by atomic mass is 10.2. The number of rotatable bonds is 4. The first kappa shape index (κ1) is 19.5. The van der Waals surface area contributed by atoms with Crippen LogP contribution in [0, 0.1) is 6.92 Å². The fourth-order valence-corrected chi connectivity index (χ4v) is 4.87. The molecule has 1 saturated heterocycles. The van der Waals surface area contributed by atoms with Crippen molar-refractivity contribution >= 4 is 27.8 Å². The van der Waals surface area contributed by atoms with E-state index in [1.807, 2.05) is 55.5 Å². The van der Waals surface area contributed by atoms with Crippen LogP contribution in [0.4, 0.5) is 5.69 Å². The summed E-state index contributed by atoms with van der Waals surface area (Å²) in [6.07, 6.45) is 0. The van der Waals surface area contributed by atoms with Gasteiger partial charge in [0, 0.05) is 24.3 Å². The van der Waals surface area contributed by atoms with Crippen molar-refractivity contribution in [3.8, 4) is 22.9 Å². The Morgan fingerprint density at radius 1 is 0.935 bits per heavy atom. The van der Waals surface area contributed by atoms with Gasteiger partial charge in [0.05, 0.1) is 11.5 Å². The van der Waals surface area contributed by atoms with Crippen LogP contribution in [0.25, 0.3) is 23.6 Å². The SMILES string of the molecule is C=c1nc(-c2ccc(Oc3ccc(N4CCS(=O)(=O)CC4)cc3)cc2)n2nc(C)nc12. The minimum absolute atomic E-state index is 0.200. The van der Waals surface area contributed by atoms with E-state index in [0.717, 1.165) is 11.3 Å². The molecule has 1 fully saturated rings. The van der Waals surface area contributed by atoms with Gasteiger partial charge < -0.3 is 9.64 Å². The topological polar surface area (TPSA) is 89.7 Å². The Labute approximate surface area is 179 Å². The molecule has 1 aliphatic heterocycles. The van der Waals surface area contributed by atoms with Crippen LogP contribution in [-0.2, 0) is 9.84 Å². The molecule has 0 bridgehead atoms. The molecule has 0 N–H and O–H groups in total. The molecule has 8 nitrogen and oxygen atoms in total. The maximum Gasteiger partial charge on any atom is 0.183 e. The molecule has 0 saturated carbocycles. The molecular formula is C22H21N5O3S. The maximum atomic E-state index is 11.6. The number of aromatic nitrogens is 4. The van der Waals surface area contributed by atoms with Crippen LogP contribution in [0.2, 0.25) is 0 Å². The molecule has 2 aromatic carbocycles. The van der Waals surface area contributed by atoms with E-state index < -0.39 is 9.84 Å². The predicted molar refractivity (Wildman–Crippen MR) is 119 cm³/mol. The van der Waals surface area contributed by atoms with Crippen LogP contribution in [0.5, 0.6) is 11.5 Å². The molecule has 3 heterocycles. The minimum atomic E-state index is -2.89. The van der Waals surface area contributed by atoms with E-state index in [4.69, 9.17) is 4.74 Å². The molecule has 158 valence electrons. The second-order valence-corrected chi connectivity index (χ2v) is 9.84. The summed E-state index contributed by atoms with van der Waals surface area (Å²) < 4.78 is 30.9. The maximum absolute atomic E-state index is 11.6. The number of fused-ring (bicyclic) bond motifs is 1. The van der Waals surface area contributed by atoms with Crippen molar-refractivity contribution in [1.82, 2.24) is 19.6 Å². The quantitative estimate of drug-likeness (QED) is 0.486. The van der Waals surface area contributed by atoms with Gasteiger partial charge in [0.2, 0.25) is 0 Å². The van der Waals surface area contributed by atoms with Gasteiger partial charge in [-0.15, -0.1) is 5.10 Å². The standard InChI is InChI=1S/C22H21N5O3S/c1-15-21-24-16(2)25-27(21)22(23-15)17-3-7-19(8-4-17)30-20-9-5-18(6-10-20)26-11-13-31(28,29)14-12-26/h3-10H,1,11-14H2,2H3. The number of anilines is 1. The van der Waals surface area contributed by atoms with Crippen molar-refractivity contribution in [2.45, 2.75) is 6.92 Å². The fraction of sp³-hybridized carbons (Fsp3) is 0.227. The van der Waals surface area contributed by atoms with Gasteiger partial charge in [-0.3, -0.25) is 0 Å². The summed E-state index contributed by atoms with van der Waals surface area (Å²) in [5, 5.41) is 4.99. The Morgan fingerprint density at radius 3 is 2.19 bits per heavy atom. The third-order valence-electron chi connectivity index (χ3n) is 5.31. The zero-order valence-corrected chi connectivity index (χ0v) is 17.8. The van der Waals surface area contributed by atoms with Crippen LogP contribution < -0.4 is 15.0 Å². The second-order valence-electron chi connectivity index (χ2n) is 7.54. The van der Waals surface area contributed by atoms with Crippen LogP contribution in [0.15, 0.2) is 48.5 Å². The minimum Gasteiger partial charge on any atom is -0.457 e. The molecule has 0 radical (unpaired) electrons. The van der Waals surface area contributed by atoms with Crippen molar-refractivity contribution in [2.75, 3.05) is 29.5 Å². The van der Waals surface area contributed by atoms with Crippen LogP contribution in [0.1, 0.15) is 5.82 Å². The molecular weight excluding hydrogens is 414 g/mol. The molecule has 5 rings (SSSR count). The Balaban J connectivity index is 1.30. The van der Waals surface area contributed by atoms with E-state index in [9.17, 15) is 8.42 Å². The summed E-state index contributed by atoms with van der Waals surface area (Å²) >= 11 is 0. The van der Waals surface area contributed by atoms with E-state index in [0.29, 0.717) is 47.2 Å². The normalized spacial score (nSPS) is 16.0. The summed E-state index contributed by atoms with van der Waals surface area (Å²) in [5.74, 6) is 3.19. The first-order chi connectivity index (χ1) is 14.9. The number of nitrogens with zero attached hydrogens (tertiary/aromatic N) is 5. The van der Waals surface area contributed by atoms with Gasteiger partial charge >= 0.3 is 0 Å². The van der Waals surface area contributed by atoms with Gasteiger partial charge in [-0.2, -0.15) is 4.52 Å². The molecule has 31 heavy (non-hydrogen) atoms. The fourth-order valence-electron chi connectivity index (χ4n) is 3.67. The largest absolute Gasteiger partial charge is 0.457 e. The summed E-state index contributed by atoms with van der Waals surface area (Å²) in [4.78, 5) is 10.9. The summed E-state index contributed by atoms with van der Waals surface area (Å²) in [6, 6.07) is 15.3. The van der Waals surface area contributed by atoms with E-state index >= 15 is 0 Å². The number of hydrogen-bond acceptors (Lipinski definition) is 7. The molecule has 1 aliphatic rings. The monoisotopic (exact) mass is 435 g/mol. The van der Waals surface area contributed by atoms with E-state index in [2.05, 4.69) is 26.5 Å². The van der Waals surface area contributed by atoms with Crippen LogP contribution in [-0.4, -0.2) is 52.6 Å². The predicted octanol–water partition coefficient (Wildman–Crippen LogP) is 2.26. The highest BCUT2D eigenvalue weighted by atomic mass is 32.2. The van der Waals surface area contributed by atoms with Gasteiger partial charge in [0.15, 0.2) is 21.3 Å². The first-order valence-electron chi connectivity index (χ1n) is 9.94. The molecule has 0 aliphatic carbocycles. The van der Waals surface area contributed by atoms with Crippen molar-refractivity contribution < 1.29 is 13.2 Å². The first-order valence-corrected chi connectivity index (χ1v) is 11.8. The second kappa shape index (κ2) is 7.35. The number of aryl methyl sites for hydroxylation is 1. The number of sulfone groups is 1. The van der Waals surface area contributed by atoms with Crippen LogP contribution in [0.3, 0.4) is 0 Å². The van der Waals surface area contributed by atoms with Gasteiger partial charge in [-0.1, -0.05) is 6.58 Å². The van der Waals surface area contributed by atoms with Crippen molar-refractivity contribution in [2.24, 2.45) is 0 Å². The zero-order chi connectivity index (χ0) is 21.6. The highest BCUT2D eigenvalue weighted by Gasteiger charge is 2.21. The lowest BCUT2D eigenvalue weighted by Gasteiger charge is -2.28. The lowest BCUT2D eigenvalue weighted by Crippen LogP contribution is -2.40. The summed E-state index contributed by atoms with van der Waals surface area (Å²) in [6.45, 7) is 6.82. The molecule has 9 heteroatoms. The summed E-state index contributed by atoms with van der Waals surface area (Å²) in [5.41, 5.74) is 2.56. The molecule has 2 aromatic heterocycles. The van der Waals surface area contributed by atoms with Crippen molar-refractivity contribution in [1.29, 1.82) is 0 Å². The zero-order valence-electron chi connectivity index (χ0n) is 17.0. The lowest BCUT2D eigenvalue weighted by molar-refractivity contribution is 0.482. The Morgan fingerprint density at radius 2 is 1.55 bits per heavy atom. The van der Waals surface area contributed by atoms with E-state index in [1.165, 1.54) is 0 Å². The van der Waals surface area contributed by atoms with Gasteiger partial charge in [-0.25, -0.2) is 18.4 Å². The number of imidazole rings is 1. The van der Waals surface area contributed by atoms with Gasteiger partial charge in [-0.05, 0) is 55.5 Å². The smallest absolute Gasteiger partial charge is 0.183 e. The van der Waals surface area contributed by atoms with Crippen molar-refractivity contribution in [3.63, 3.8) is 0 Å². The van der Waals surface area contributed by atoms with E-state index in [1.54, 1.807) is 4.52 Å². The molecule has 0 unspecified atom stereocenters. The molecule has 0 atom stereocenters. The average Bonchev–Trinajstić information content (AvgIpc) is 3.28. The highest BCUT2D eigenvalue weighted by molar-refractivity contribution is 7.91. The Bertz CT molecular complexity index is 1380. The van der Waals surface area contributed by atoms with Gasteiger partial charge in [0.1, 0.15) is 22.7 Å². The third kappa shape index (κ3) is 3.84. The Kier molecular flexibility index (Phi) is 4.62. The van der Waals surface area contributed by atoms with Gasteiger partial charge in [0.25, 0.3) is 0 Å². The molecule has 4 aromatic rings. The van der Waals surface area contributed by atoms with Crippen molar-refractivity contribution in [3.05, 3.63) is 59.7 Å². The number of ether oxygens (including phenoxy) is 1. The number of hydrogen-bond donors (Lipinski definition) is 0. The number of benzene rings is 2. The summed E-state index contributed by atoms with van der Waals surface area (Å²) in [7, 11) is -2.89. The van der Waals surface area contributed by atoms with E-state index in [-0.39, 0.29) is 11.5 Å². The molecule has 0 amide bonds. The molecule has 0 spiro atoms. The highest BCUT2D eigenvalue weighted by Crippen LogP contribution is 2.27. The third-order valence-corrected chi connectivity index (χ3v) is 6.92. The average molecular weight is 436 g/mol. The van der Waals surface area contributed by atoms with Crippen LogP contribution >= 0.6 is 0 Å².